The van der Waals surface area contributed by atoms with Crippen molar-refractivity contribution in [2.75, 3.05) is 18.0 Å². The summed E-state index contributed by atoms with van der Waals surface area (Å²) in [6, 6.07) is 9.57. The Balaban J connectivity index is 1.20. The van der Waals surface area contributed by atoms with Gasteiger partial charge in [-0.3, -0.25) is 14.3 Å². The Morgan fingerprint density at radius 1 is 0.966 bits per heavy atom. The van der Waals surface area contributed by atoms with Gasteiger partial charge in [-0.05, 0) is 55.9 Å². The Morgan fingerprint density at radius 2 is 1.76 bits per heavy atom. The third-order valence-corrected chi connectivity index (χ3v) is 5.92. The van der Waals surface area contributed by atoms with Crippen molar-refractivity contribution in [3.05, 3.63) is 65.1 Å². The van der Waals surface area contributed by atoms with E-state index in [9.17, 15) is 4.79 Å². The molecule has 0 atom stereocenters. The first-order chi connectivity index (χ1) is 14.3. The Kier molecular flexibility index (Phi) is 4.79. The van der Waals surface area contributed by atoms with Crippen LogP contribution in [0.3, 0.4) is 0 Å². The molecule has 0 bridgehead atoms. The van der Waals surface area contributed by atoms with Crippen LogP contribution in [-0.4, -0.2) is 37.8 Å². The van der Waals surface area contributed by atoms with E-state index < -0.39 is 0 Å². The lowest BCUT2D eigenvalue weighted by atomic mass is 9.96. The van der Waals surface area contributed by atoms with Crippen LogP contribution in [-0.2, 0) is 6.54 Å². The van der Waals surface area contributed by atoms with Gasteiger partial charge < -0.3 is 4.90 Å². The summed E-state index contributed by atoms with van der Waals surface area (Å²) in [6.45, 7) is 2.60. The van der Waals surface area contributed by atoms with Crippen molar-refractivity contribution in [2.45, 2.75) is 38.1 Å². The molecule has 0 amide bonds. The van der Waals surface area contributed by atoms with Crippen LogP contribution in [0.1, 0.15) is 37.3 Å². The second kappa shape index (κ2) is 7.73. The summed E-state index contributed by atoms with van der Waals surface area (Å²) >= 11 is 0. The minimum atomic E-state index is -0.00391. The molecule has 29 heavy (non-hydrogen) atoms. The smallest absolute Gasteiger partial charge is 0.253 e. The van der Waals surface area contributed by atoms with Gasteiger partial charge in [-0.2, -0.15) is 5.10 Å². The molecule has 0 spiro atoms. The van der Waals surface area contributed by atoms with Crippen molar-refractivity contribution in [3.8, 4) is 11.3 Å². The zero-order chi connectivity index (χ0) is 19.6. The van der Waals surface area contributed by atoms with Gasteiger partial charge in [0.2, 0.25) is 0 Å². The average molecular weight is 388 g/mol. The predicted molar refractivity (Wildman–Crippen MR) is 111 cm³/mol. The Labute approximate surface area is 169 Å². The van der Waals surface area contributed by atoms with Crippen LogP contribution < -0.4 is 10.5 Å². The highest BCUT2D eigenvalue weighted by Gasteiger charge is 2.26. The number of aromatic nitrogens is 5. The van der Waals surface area contributed by atoms with Crippen LogP contribution in [0.25, 0.3) is 11.3 Å². The Hall–Kier alpha value is -3.09. The molecular formula is C22H24N6O. The molecule has 1 aliphatic carbocycles. The maximum absolute atomic E-state index is 12.5. The molecule has 4 heterocycles. The van der Waals surface area contributed by atoms with Gasteiger partial charge in [0.1, 0.15) is 0 Å². The summed E-state index contributed by atoms with van der Waals surface area (Å²) in [5.74, 6) is 2.07. The van der Waals surface area contributed by atoms with Crippen molar-refractivity contribution in [3.63, 3.8) is 0 Å². The van der Waals surface area contributed by atoms with Crippen LogP contribution in [0, 0.1) is 5.92 Å². The van der Waals surface area contributed by atoms with Crippen LogP contribution in [0.2, 0.25) is 0 Å². The third kappa shape index (κ3) is 4.04. The van der Waals surface area contributed by atoms with E-state index in [1.165, 1.54) is 12.8 Å². The fraction of sp³-hybridized carbons (Fsp3) is 0.409. The van der Waals surface area contributed by atoms with Crippen LogP contribution in [0.15, 0.2) is 53.8 Å². The Bertz CT molecular complexity index is 1020. The van der Waals surface area contributed by atoms with Gasteiger partial charge in [0.15, 0.2) is 5.82 Å². The number of anilines is 1. The molecule has 0 unspecified atom stereocenters. The minimum Gasteiger partial charge on any atom is -0.355 e. The second-order valence-corrected chi connectivity index (χ2v) is 8.02. The number of hydrogen-bond donors (Lipinski definition) is 0. The van der Waals surface area contributed by atoms with E-state index in [-0.39, 0.29) is 5.56 Å². The van der Waals surface area contributed by atoms with Gasteiger partial charge in [-0.1, -0.05) is 0 Å². The first kappa shape index (κ1) is 18.0. The standard InChI is InChI=1S/C22H24N6O/c29-22-13-20(18-5-9-23-10-6-18)24-15-28(22)14-16-7-11-27(12-8-16)21-4-3-19(25-26-21)17-1-2-17/h3-6,9-10,13,15-17H,1-2,7-8,11-12,14H2. The van der Waals surface area contributed by atoms with E-state index in [1.54, 1.807) is 29.4 Å². The number of rotatable bonds is 5. The molecule has 3 aromatic rings. The van der Waals surface area contributed by atoms with E-state index in [0.29, 0.717) is 24.1 Å². The molecular weight excluding hydrogens is 364 g/mol. The molecule has 3 aromatic heterocycles. The monoisotopic (exact) mass is 388 g/mol. The summed E-state index contributed by atoms with van der Waals surface area (Å²) in [4.78, 5) is 23.3. The molecule has 7 nitrogen and oxygen atoms in total. The Morgan fingerprint density at radius 3 is 2.41 bits per heavy atom. The van der Waals surface area contributed by atoms with E-state index in [2.05, 4.69) is 37.2 Å². The SMILES string of the molecule is O=c1cc(-c2ccncc2)ncn1CC1CCN(c2ccc(C3CC3)nn2)CC1. The molecule has 2 aliphatic rings. The zero-order valence-electron chi connectivity index (χ0n) is 16.3. The van der Waals surface area contributed by atoms with E-state index in [0.717, 1.165) is 43.0 Å². The molecule has 1 aliphatic heterocycles. The van der Waals surface area contributed by atoms with Crippen molar-refractivity contribution < 1.29 is 0 Å². The quantitative estimate of drug-likeness (QED) is 0.669. The van der Waals surface area contributed by atoms with Crippen LogP contribution in [0.5, 0.6) is 0 Å². The zero-order valence-corrected chi connectivity index (χ0v) is 16.3. The molecule has 5 rings (SSSR count). The van der Waals surface area contributed by atoms with Crippen LogP contribution >= 0.6 is 0 Å². The van der Waals surface area contributed by atoms with Crippen LogP contribution in [0.4, 0.5) is 5.82 Å². The molecule has 0 radical (unpaired) electrons. The molecule has 1 saturated carbocycles. The largest absolute Gasteiger partial charge is 0.355 e. The fourth-order valence-electron chi connectivity index (χ4n) is 3.97. The van der Waals surface area contributed by atoms with Gasteiger partial charge in [-0.15, -0.1) is 5.10 Å². The van der Waals surface area contributed by atoms with Gasteiger partial charge in [0.25, 0.3) is 5.56 Å². The van der Waals surface area contributed by atoms with Crippen molar-refractivity contribution >= 4 is 5.82 Å². The molecule has 0 aromatic carbocycles. The average Bonchev–Trinajstić information content (AvgIpc) is 3.62. The maximum Gasteiger partial charge on any atom is 0.253 e. The van der Waals surface area contributed by atoms with Gasteiger partial charge >= 0.3 is 0 Å². The first-order valence-corrected chi connectivity index (χ1v) is 10.3. The lowest BCUT2D eigenvalue weighted by molar-refractivity contribution is 0.350. The van der Waals surface area contributed by atoms with Crippen molar-refractivity contribution in [1.29, 1.82) is 0 Å². The normalized spacial score (nSPS) is 17.4. The molecule has 7 heteroatoms. The third-order valence-electron chi connectivity index (χ3n) is 5.92. The predicted octanol–water partition coefficient (Wildman–Crippen LogP) is 2.89. The number of nitrogens with zero attached hydrogens (tertiary/aromatic N) is 6. The fourth-order valence-corrected chi connectivity index (χ4v) is 3.97. The van der Waals surface area contributed by atoms with E-state index in [4.69, 9.17) is 0 Å². The van der Waals surface area contributed by atoms with E-state index in [1.807, 2.05) is 12.1 Å². The van der Waals surface area contributed by atoms with E-state index >= 15 is 0 Å². The number of piperidine rings is 1. The molecule has 2 fully saturated rings. The molecule has 0 N–H and O–H groups in total. The lowest BCUT2D eigenvalue weighted by Crippen LogP contribution is -2.36. The topological polar surface area (TPSA) is 76.8 Å². The van der Waals surface area contributed by atoms with Gasteiger partial charge in [0, 0.05) is 49.6 Å². The minimum absolute atomic E-state index is 0.00391. The maximum atomic E-state index is 12.5. The highest BCUT2D eigenvalue weighted by molar-refractivity contribution is 5.57. The van der Waals surface area contributed by atoms with Gasteiger partial charge in [-0.25, -0.2) is 4.98 Å². The van der Waals surface area contributed by atoms with Crippen molar-refractivity contribution in [2.24, 2.45) is 5.92 Å². The van der Waals surface area contributed by atoms with Crippen molar-refractivity contribution in [1.82, 2.24) is 24.7 Å². The summed E-state index contributed by atoms with van der Waals surface area (Å²) in [7, 11) is 0. The second-order valence-electron chi connectivity index (χ2n) is 8.02. The first-order valence-electron chi connectivity index (χ1n) is 10.3. The lowest BCUT2D eigenvalue weighted by Gasteiger charge is -2.32. The number of pyridine rings is 1. The molecule has 1 saturated heterocycles. The number of hydrogen-bond acceptors (Lipinski definition) is 6. The highest BCUT2D eigenvalue weighted by atomic mass is 16.1. The summed E-state index contributed by atoms with van der Waals surface area (Å²) in [5.41, 5.74) is 2.73. The summed E-state index contributed by atoms with van der Waals surface area (Å²) in [5, 5.41) is 8.83. The molecule has 148 valence electrons. The van der Waals surface area contributed by atoms with Gasteiger partial charge in [0.05, 0.1) is 17.7 Å². The summed E-state index contributed by atoms with van der Waals surface area (Å²) in [6.07, 6.45) is 9.65. The summed E-state index contributed by atoms with van der Waals surface area (Å²) < 4.78 is 1.73. The highest BCUT2D eigenvalue weighted by Crippen LogP contribution is 2.38.